The molecular weight excluding hydrogens is 210 g/mol. The van der Waals surface area contributed by atoms with Gasteiger partial charge in [0.2, 0.25) is 0 Å². The van der Waals surface area contributed by atoms with Crippen molar-refractivity contribution < 1.29 is 9.53 Å². The summed E-state index contributed by atoms with van der Waals surface area (Å²) in [6, 6.07) is 8.13. The van der Waals surface area contributed by atoms with Gasteiger partial charge in [-0.3, -0.25) is 4.79 Å². The van der Waals surface area contributed by atoms with Crippen LogP contribution in [0.1, 0.15) is 6.42 Å². The average Bonchev–Trinajstić information content (AvgIpc) is 2.29. The number of benzene rings is 1. The number of para-hydroxylation sites is 1. The van der Waals surface area contributed by atoms with Crippen molar-refractivity contribution >= 4 is 23.4 Å². The van der Waals surface area contributed by atoms with E-state index in [0.29, 0.717) is 6.42 Å². The van der Waals surface area contributed by atoms with Crippen LogP contribution in [0.5, 0.6) is 0 Å². The van der Waals surface area contributed by atoms with Gasteiger partial charge >= 0.3 is 5.97 Å². The Balaban J connectivity index is 2.02. The molecule has 0 saturated heterocycles. The first-order chi connectivity index (χ1) is 7.29. The maximum absolute atomic E-state index is 11.1. The third kappa shape index (κ3) is 2.45. The van der Waals surface area contributed by atoms with Crippen LogP contribution in [0.25, 0.3) is 0 Å². The molecule has 0 bridgehead atoms. The van der Waals surface area contributed by atoms with Crippen LogP contribution in [0.2, 0.25) is 0 Å². The molecule has 1 atom stereocenters. The average molecular weight is 223 g/mol. The van der Waals surface area contributed by atoms with Crippen molar-refractivity contribution in [1.82, 2.24) is 0 Å². The topological polar surface area (TPSA) is 38.3 Å². The lowest BCUT2D eigenvalue weighted by Crippen LogP contribution is -2.24. The van der Waals surface area contributed by atoms with E-state index in [-0.39, 0.29) is 11.2 Å². The number of carbonyl (C=O) groups excluding carboxylic acids is 1. The standard InChI is InChI=1S/C11H13NO2S/c1-14-11(13)6-8-7-12-9-4-2-3-5-10(9)15-8/h2-5,8,12H,6-7H2,1H3. The maximum Gasteiger partial charge on any atom is 0.306 e. The number of thioether (sulfide) groups is 1. The van der Waals surface area contributed by atoms with E-state index in [4.69, 9.17) is 0 Å². The molecule has 1 aromatic carbocycles. The van der Waals surface area contributed by atoms with Gasteiger partial charge in [-0.05, 0) is 12.1 Å². The van der Waals surface area contributed by atoms with Gasteiger partial charge in [-0.1, -0.05) is 12.1 Å². The van der Waals surface area contributed by atoms with E-state index in [1.54, 1.807) is 11.8 Å². The number of hydrogen-bond donors (Lipinski definition) is 1. The SMILES string of the molecule is COC(=O)CC1CNc2ccccc2S1. The summed E-state index contributed by atoms with van der Waals surface area (Å²) in [6.45, 7) is 0.816. The van der Waals surface area contributed by atoms with Crippen LogP contribution in [0.15, 0.2) is 29.2 Å². The molecule has 0 radical (unpaired) electrons. The first-order valence-electron chi connectivity index (χ1n) is 4.86. The van der Waals surface area contributed by atoms with Crippen LogP contribution >= 0.6 is 11.8 Å². The lowest BCUT2D eigenvalue weighted by Gasteiger charge is -2.24. The minimum atomic E-state index is -0.145. The van der Waals surface area contributed by atoms with E-state index >= 15 is 0 Å². The van der Waals surface area contributed by atoms with Crippen LogP contribution in [-0.4, -0.2) is 24.9 Å². The van der Waals surface area contributed by atoms with E-state index < -0.39 is 0 Å². The number of hydrogen-bond acceptors (Lipinski definition) is 4. The fraction of sp³-hybridized carbons (Fsp3) is 0.364. The van der Waals surface area contributed by atoms with E-state index in [1.807, 2.05) is 12.1 Å². The highest BCUT2D eigenvalue weighted by atomic mass is 32.2. The summed E-state index contributed by atoms with van der Waals surface area (Å²) < 4.78 is 4.66. The van der Waals surface area contributed by atoms with Crippen LogP contribution in [0.3, 0.4) is 0 Å². The van der Waals surface area contributed by atoms with Gasteiger partial charge in [0.05, 0.1) is 13.5 Å². The van der Waals surface area contributed by atoms with Gasteiger partial charge in [-0.25, -0.2) is 0 Å². The molecule has 1 heterocycles. The van der Waals surface area contributed by atoms with Crippen molar-refractivity contribution in [3.8, 4) is 0 Å². The Labute approximate surface area is 93.2 Å². The fourth-order valence-electron chi connectivity index (χ4n) is 1.54. The van der Waals surface area contributed by atoms with Crippen LogP contribution in [0, 0.1) is 0 Å². The summed E-state index contributed by atoms with van der Waals surface area (Å²) in [4.78, 5) is 12.3. The molecule has 0 aromatic heterocycles. The maximum atomic E-state index is 11.1. The van der Waals surface area contributed by atoms with Gasteiger partial charge in [0.25, 0.3) is 0 Å². The van der Waals surface area contributed by atoms with Gasteiger partial charge in [0, 0.05) is 22.4 Å². The highest BCUT2D eigenvalue weighted by Crippen LogP contribution is 2.35. The molecule has 1 aliphatic heterocycles. The van der Waals surface area contributed by atoms with E-state index in [0.717, 1.165) is 12.2 Å². The summed E-state index contributed by atoms with van der Waals surface area (Å²) >= 11 is 1.74. The van der Waals surface area contributed by atoms with Crippen molar-refractivity contribution in [3.63, 3.8) is 0 Å². The molecule has 0 saturated carbocycles. The van der Waals surface area contributed by atoms with Gasteiger partial charge < -0.3 is 10.1 Å². The zero-order valence-corrected chi connectivity index (χ0v) is 9.34. The minimum Gasteiger partial charge on any atom is -0.469 e. The second-order valence-electron chi connectivity index (χ2n) is 3.40. The second kappa shape index (κ2) is 4.57. The largest absolute Gasteiger partial charge is 0.469 e. The quantitative estimate of drug-likeness (QED) is 0.780. The smallest absolute Gasteiger partial charge is 0.306 e. The molecule has 4 heteroatoms. The molecule has 1 N–H and O–H groups in total. The third-order valence-corrected chi connectivity index (χ3v) is 3.60. The third-order valence-electron chi connectivity index (χ3n) is 2.32. The first kappa shape index (κ1) is 10.4. The molecule has 0 spiro atoms. The zero-order chi connectivity index (χ0) is 10.7. The van der Waals surface area contributed by atoms with Crippen molar-refractivity contribution in [2.45, 2.75) is 16.6 Å². The van der Waals surface area contributed by atoms with Crippen molar-refractivity contribution in [1.29, 1.82) is 0 Å². The predicted molar refractivity (Wildman–Crippen MR) is 61.2 cm³/mol. The number of ether oxygens (including phenoxy) is 1. The Hall–Kier alpha value is -1.16. The van der Waals surface area contributed by atoms with E-state index in [1.165, 1.54) is 12.0 Å². The summed E-state index contributed by atoms with van der Waals surface area (Å²) in [5, 5.41) is 3.58. The molecule has 80 valence electrons. The zero-order valence-electron chi connectivity index (χ0n) is 8.53. The molecule has 15 heavy (non-hydrogen) atoms. The van der Waals surface area contributed by atoms with Crippen LogP contribution in [-0.2, 0) is 9.53 Å². The summed E-state index contributed by atoms with van der Waals surface area (Å²) in [6.07, 6.45) is 0.461. The van der Waals surface area contributed by atoms with Crippen LogP contribution < -0.4 is 5.32 Å². The van der Waals surface area contributed by atoms with Gasteiger partial charge in [0.15, 0.2) is 0 Å². The van der Waals surface area contributed by atoms with Crippen molar-refractivity contribution in [3.05, 3.63) is 24.3 Å². The Morgan fingerprint density at radius 3 is 3.20 bits per heavy atom. The second-order valence-corrected chi connectivity index (χ2v) is 4.74. The van der Waals surface area contributed by atoms with E-state index in [2.05, 4.69) is 22.2 Å². The molecule has 0 fully saturated rings. The highest BCUT2D eigenvalue weighted by Gasteiger charge is 2.21. The predicted octanol–water partition coefficient (Wildman–Crippen LogP) is 2.14. The summed E-state index contributed by atoms with van der Waals surface area (Å²) in [5.74, 6) is -0.145. The molecule has 1 aromatic rings. The molecule has 1 aliphatic rings. The summed E-state index contributed by atoms with van der Waals surface area (Å²) in [5.41, 5.74) is 1.16. The van der Waals surface area contributed by atoms with Crippen LogP contribution in [0.4, 0.5) is 5.69 Å². The van der Waals surface area contributed by atoms with Crippen molar-refractivity contribution in [2.24, 2.45) is 0 Å². The van der Waals surface area contributed by atoms with Gasteiger partial charge in [0.1, 0.15) is 0 Å². The lowest BCUT2D eigenvalue weighted by atomic mass is 10.2. The number of methoxy groups -OCH3 is 1. The normalized spacial score (nSPS) is 18.9. The fourth-order valence-corrected chi connectivity index (χ4v) is 2.71. The van der Waals surface area contributed by atoms with Crippen molar-refractivity contribution in [2.75, 3.05) is 19.0 Å². The van der Waals surface area contributed by atoms with Gasteiger partial charge in [-0.15, -0.1) is 11.8 Å². The summed E-state index contributed by atoms with van der Waals surface area (Å²) in [7, 11) is 1.43. The number of anilines is 1. The lowest BCUT2D eigenvalue weighted by molar-refractivity contribution is -0.140. The number of rotatable bonds is 2. The Bertz CT molecular complexity index is 367. The number of fused-ring (bicyclic) bond motifs is 1. The number of carbonyl (C=O) groups is 1. The molecule has 1 unspecified atom stereocenters. The van der Waals surface area contributed by atoms with Gasteiger partial charge in [-0.2, -0.15) is 0 Å². The number of nitrogens with one attached hydrogen (secondary N) is 1. The Morgan fingerprint density at radius 1 is 1.60 bits per heavy atom. The first-order valence-corrected chi connectivity index (χ1v) is 5.74. The molecular formula is C11H13NO2S. The number of esters is 1. The molecule has 2 rings (SSSR count). The Morgan fingerprint density at radius 2 is 2.40 bits per heavy atom. The highest BCUT2D eigenvalue weighted by molar-refractivity contribution is 8.00. The molecule has 3 nitrogen and oxygen atoms in total. The minimum absolute atomic E-state index is 0.145. The molecule has 0 amide bonds. The molecule has 0 aliphatic carbocycles. The van der Waals surface area contributed by atoms with E-state index in [9.17, 15) is 4.79 Å². The monoisotopic (exact) mass is 223 g/mol. The Kier molecular flexibility index (Phi) is 3.16.